The maximum absolute atomic E-state index is 12.1. The lowest BCUT2D eigenvalue weighted by Gasteiger charge is -2.11. The lowest BCUT2D eigenvalue weighted by atomic mass is 10.3. The molecule has 0 atom stereocenters. The molecule has 22 heavy (non-hydrogen) atoms. The number of nitrogens with two attached hydrogens (primary N) is 1. The van der Waals surface area contributed by atoms with Crippen LogP contribution in [0.5, 0.6) is 5.88 Å². The summed E-state index contributed by atoms with van der Waals surface area (Å²) >= 11 is 0. The van der Waals surface area contributed by atoms with Crippen molar-refractivity contribution >= 4 is 29.9 Å². The molecule has 1 rings (SSSR count). The third kappa shape index (κ3) is 8.70. The standard InChI is InChI=1S/C13H17F3N4O.HI/c1-9(2)6-19-12(17)20-7-10-4-3-5-18-11(10)21-8-13(14,15)16;/h3-5H,1,6-8H2,2H3,(H3,17,19,20);1H. The van der Waals surface area contributed by atoms with Crippen LogP contribution in [-0.4, -0.2) is 30.3 Å². The molecule has 0 radical (unpaired) electrons. The average Bonchev–Trinajstić information content (AvgIpc) is 2.40. The zero-order valence-electron chi connectivity index (χ0n) is 12.0. The quantitative estimate of drug-likeness (QED) is 0.315. The summed E-state index contributed by atoms with van der Waals surface area (Å²) in [6, 6.07) is 3.16. The molecule has 0 aromatic carbocycles. The van der Waals surface area contributed by atoms with Crippen LogP contribution >= 0.6 is 24.0 Å². The van der Waals surface area contributed by atoms with Crippen molar-refractivity contribution < 1.29 is 17.9 Å². The van der Waals surface area contributed by atoms with Gasteiger partial charge in [-0.2, -0.15) is 13.2 Å². The van der Waals surface area contributed by atoms with Gasteiger partial charge in [0, 0.05) is 18.3 Å². The minimum atomic E-state index is -4.42. The number of rotatable bonds is 6. The maximum atomic E-state index is 12.1. The Morgan fingerprint density at radius 3 is 2.77 bits per heavy atom. The van der Waals surface area contributed by atoms with Gasteiger partial charge in [-0.15, -0.1) is 24.0 Å². The summed E-state index contributed by atoms with van der Waals surface area (Å²) in [5, 5.41) is 2.82. The number of nitrogens with one attached hydrogen (secondary N) is 1. The van der Waals surface area contributed by atoms with Crippen molar-refractivity contribution in [1.82, 2.24) is 10.3 Å². The van der Waals surface area contributed by atoms with E-state index in [9.17, 15) is 13.2 Å². The zero-order chi connectivity index (χ0) is 15.9. The van der Waals surface area contributed by atoms with Gasteiger partial charge in [-0.3, -0.25) is 0 Å². The lowest BCUT2D eigenvalue weighted by molar-refractivity contribution is -0.154. The first-order valence-corrected chi connectivity index (χ1v) is 6.09. The highest BCUT2D eigenvalue weighted by molar-refractivity contribution is 14.0. The molecule has 0 aliphatic rings. The largest absolute Gasteiger partial charge is 0.468 e. The SMILES string of the molecule is C=C(C)CNC(N)=NCc1cccnc1OCC(F)(F)F.I. The van der Waals surface area contributed by atoms with E-state index in [4.69, 9.17) is 5.73 Å². The number of guanidine groups is 1. The van der Waals surface area contributed by atoms with Crippen LogP contribution in [0.25, 0.3) is 0 Å². The molecule has 0 fully saturated rings. The van der Waals surface area contributed by atoms with E-state index < -0.39 is 12.8 Å². The number of halogens is 4. The summed E-state index contributed by atoms with van der Waals surface area (Å²) in [7, 11) is 0. The number of aliphatic imine (C=N–C) groups is 1. The summed E-state index contributed by atoms with van der Waals surface area (Å²) in [5.41, 5.74) is 6.92. The van der Waals surface area contributed by atoms with Crippen LogP contribution in [0.15, 0.2) is 35.5 Å². The Morgan fingerprint density at radius 1 is 1.50 bits per heavy atom. The third-order valence-electron chi connectivity index (χ3n) is 2.21. The van der Waals surface area contributed by atoms with Crippen molar-refractivity contribution in [2.75, 3.05) is 13.2 Å². The van der Waals surface area contributed by atoms with Crippen molar-refractivity contribution in [3.8, 4) is 5.88 Å². The Balaban J connectivity index is 0.00000441. The summed E-state index contributed by atoms with van der Waals surface area (Å²) < 4.78 is 41.1. The van der Waals surface area contributed by atoms with E-state index in [1.54, 1.807) is 12.1 Å². The second-order valence-electron chi connectivity index (χ2n) is 4.38. The van der Waals surface area contributed by atoms with Gasteiger partial charge < -0.3 is 15.8 Å². The Morgan fingerprint density at radius 2 is 2.18 bits per heavy atom. The zero-order valence-corrected chi connectivity index (χ0v) is 14.3. The summed E-state index contributed by atoms with van der Waals surface area (Å²) in [6.07, 6.45) is -3.07. The van der Waals surface area contributed by atoms with Crippen LogP contribution in [-0.2, 0) is 6.54 Å². The molecule has 5 nitrogen and oxygen atoms in total. The highest BCUT2D eigenvalue weighted by Gasteiger charge is 2.29. The molecular weight excluding hydrogens is 412 g/mol. The van der Waals surface area contributed by atoms with Crippen LogP contribution in [0.1, 0.15) is 12.5 Å². The molecule has 1 aromatic rings. The maximum Gasteiger partial charge on any atom is 0.422 e. The predicted molar refractivity (Wildman–Crippen MR) is 89.3 cm³/mol. The molecule has 0 unspecified atom stereocenters. The van der Waals surface area contributed by atoms with E-state index in [1.165, 1.54) is 6.20 Å². The number of ether oxygens (including phenoxy) is 1. The second kappa shape index (κ2) is 9.49. The van der Waals surface area contributed by atoms with Gasteiger partial charge in [-0.25, -0.2) is 9.98 Å². The fourth-order valence-corrected chi connectivity index (χ4v) is 1.29. The normalized spacial score (nSPS) is 11.5. The molecule has 0 saturated heterocycles. The second-order valence-corrected chi connectivity index (χ2v) is 4.38. The Bertz CT molecular complexity index is 520. The number of alkyl halides is 3. The molecule has 0 aliphatic heterocycles. The number of hydrogen-bond acceptors (Lipinski definition) is 3. The van der Waals surface area contributed by atoms with Gasteiger partial charge in [0.05, 0.1) is 6.54 Å². The highest BCUT2D eigenvalue weighted by atomic mass is 127. The van der Waals surface area contributed by atoms with Crippen molar-refractivity contribution in [2.45, 2.75) is 19.6 Å². The minimum Gasteiger partial charge on any atom is -0.468 e. The predicted octanol–water partition coefficient (Wildman–Crippen LogP) is 2.62. The van der Waals surface area contributed by atoms with E-state index >= 15 is 0 Å². The van der Waals surface area contributed by atoms with Gasteiger partial charge in [0.1, 0.15) is 0 Å². The van der Waals surface area contributed by atoms with E-state index in [1.807, 2.05) is 6.92 Å². The van der Waals surface area contributed by atoms with Gasteiger partial charge >= 0.3 is 6.18 Å². The van der Waals surface area contributed by atoms with E-state index in [0.717, 1.165) is 5.57 Å². The highest BCUT2D eigenvalue weighted by Crippen LogP contribution is 2.20. The molecule has 3 N–H and O–H groups in total. The first-order chi connectivity index (χ1) is 9.78. The van der Waals surface area contributed by atoms with Gasteiger partial charge in [0.15, 0.2) is 12.6 Å². The van der Waals surface area contributed by atoms with Gasteiger partial charge in [0.2, 0.25) is 5.88 Å². The third-order valence-corrected chi connectivity index (χ3v) is 2.21. The number of pyridine rings is 1. The molecule has 0 spiro atoms. The minimum absolute atomic E-state index is 0. The molecule has 0 amide bonds. The van der Waals surface area contributed by atoms with Gasteiger partial charge in [0.25, 0.3) is 0 Å². The van der Waals surface area contributed by atoms with Crippen LogP contribution < -0.4 is 15.8 Å². The molecule has 0 aliphatic carbocycles. The van der Waals surface area contributed by atoms with Crippen LogP contribution in [0, 0.1) is 0 Å². The number of nitrogens with zero attached hydrogens (tertiary/aromatic N) is 2. The number of aromatic nitrogens is 1. The van der Waals surface area contributed by atoms with E-state index in [0.29, 0.717) is 12.1 Å². The Kier molecular flexibility index (Phi) is 8.83. The van der Waals surface area contributed by atoms with Gasteiger partial charge in [-0.05, 0) is 13.0 Å². The van der Waals surface area contributed by atoms with Gasteiger partial charge in [-0.1, -0.05) is 18.2 Å². The van der Waals surface area contributed by atoms with Crippen LogP contribution in [0.4, 0.5) is 13.2 Å². The average molecular weight is 430 g/mol. The van der Waals surface area contributed by atoms with Crippen molar-refractivity contribution in [3.63, 3.8) is 0 Å². The number of hydrogen-bond donors (Lipinski definition) is 2. The van der Waals surface area contributed by atoms with E-state index in [2.05, 4.69) is 26.6 Å². The summed E-state index contributed by atoms with van der Waals surface area (Å²) in [5.74, 6) is 0.0647. The smallest absolute Gasteiger partial charge is 0.422 e. The monoisotopic (exact) mass is 430 g/mol. The van der Waals surface area contributed by atoms with Crippen molar-refractivity contribution in [2.24, 2.45) is 10.7 Å². The molecule has 0 saturated carbocycles. The summed E-state index contributed by atoms with van der Waals surface area (Å²) in [4.78, 5) is 7.78. The first kappa shape index (κ1) is 20.5. The molecule has 0 bridgehead atoms. The van der Waals surface area contributed by atoms with Crippen LogP contribution in [0.2, 0.25) is 0 Å². The molecule has 9 heteroatoms. The van der Waals surface area contributed by atoms with Crippen molar-refractivity contribution in [3.05, 3.63) is 36.0 Å². The van der Waals surface area contributed by atoms with Crippen LogP contribution in [0.3, 0.4) is 0 Å². The Labute approximate surface area is 143 Å². The first-order valence-electron chi connectivity index (χ1n) is 6.09. The molecule has 124 valence electrons. The summed E-state index contributed by atoms with van der Waals surface area (Å²) in [6.45, 7) is 4.66. The van der Waals surface area contributed by atoms with E-state index in [-0.39, 0.29) is 42.4 Å². The fraction of sp³-hybridized carbons (Fsp3) is 0.385. The lowest BCUT2D eigenvalue weighted by Crippen LogP contribution is -2.32. The molecule has 1 aromatic heterocycles. The topological polar surface area (TPSA) is 72.5 Å². The molecule has 1 heterocycles. The van der Waals surface area contributed by atoms with Crippen molar-refractivity contribution in [1.29, 1.82) is 0 Å². The fourth-order valence-electron chi connectivity index (χ4n) is 1.29. The Hall–Kier alpha value is -1.52. The molecular formula is C13H18F3IN4O.